The van der Waals surface area contributed by atoms with Crippen LogP contribution in [0.25, 0.3) is 0 Å². The van der Waals surface area contributed by atoms with E-state index < -0.39 is 0 Å². The van der Waals surface area contributed by atoms with Crippen LogP contribution in [0, 0.1) is 9.39 Å². The molecule has 0 aromatic heterocycles. The predicted molar refractivity (Wildman–Crippen MR) is 89.1 cm³/mol. The fourth-order valence-corrected chi connectivity index (χ4v) is 2.75. The first-order valence-corrected chi connectivity index (χ1v) is 7.80. The summed E-state index contributed by atoms with van der Waals surface area (Å²) in [7, 11) is 1.67. The number of carbonyl (C=O) groups is 1. The summed E-state index contributed by atoms with van der Waals surface area (Å²) in [6, 6.07) is 12.0. The lowest BCUT2D eigenvalue weighted by Crippen LogP contribution is -2.27. The predicted octanol–water partition coefficient (Wildman–Crippen LogP) is 4.47. The number of nitrogens with zero attached hydrogens (tertiary/aromatic N) is 1. The first-order valence-electron chi connectivity index (χ1n) is 5.93. The molecule has 0 aliphatic rings. The van der Waals surface area contributed by atoms with Crippen molar-refractivity contribution in [1.82, 2.24) is 4.90 Å². The fourth-order valence-electron chi connectivity index (χ4n) is 1.82. The van der Waals surface area contributed by atoms with Gasteiger partial charge in [-0.1, -0.05) is 34.1 Å². The molecule has 0 aliphatic heterocycles. The lowest BCUT2D eigenvalue weighted by Gasteiger charge is -2.18. The van der Waals surface area contributed by atoms with Gasteiger partial charge < -0.3 is 4.90 Å². The SMILES string of the molecule is CN(Cc1ccccc1F)C(=O)c1cc(Br)ccc1I. The Balaban J connectivity index is 2.21. The third-order valence-electron chi connectivity index (χ3n) is 2.87. The standard InChI is InChI=1S/C15H12BrFINO/c1-19(9-10-4-2-3-5-13(10)17)15(20)12-8-11(16)6-7-14(12)18/h2-8H,9H2,1H3. The number of benzene rings is 2. The highest BCUT2D eigenvalue weighted by Crippen LogP contribution is 2.20. The van der Waals surface area contributed by atoms with E-state index in [2.05, 4.69) is 38.5 Å². The zero-order valence-corrected chi connectivity index (χ0v) is 14.5. The molecular weight excluding hydrogens is 436 g/mol. The van der Waals surface area contributed by atoms with Gasteiger partial charge in [0.25, 0.3) is 5.91 Å². The minimum atomic E-state index is -0.295. The summed E-state index contributed by atoms with van der Waals surface area (Å²) >= 11 is 5.48. The van der Waals surface area contributed by atoms with E-state index in [1.807, 2.05) is 12.1 Å². The molecule has 0 N–H and O–H groups in total. The van der Waals surface area contributed by atoms with Crippen molar-refractivity contribution in [2.24, 2.45) is 0 Å². The molecule has 0 fully saturated rings. The number of carbonyl (C=O) groups excluding carboxylic acids is 1. The van der Waals surface area contributed by atoms with Crippen LogP contribution < -0.4 is 0 Å². The molecule has 0 saturated heterocycles. The van der Waals surface area contributed by atoms with E-state index >= 15 is 0 Å². The van der Waals surface area contributed by atoms with Crippen molar-refractivity contribution in [1.29, 1.82) is 0 Å². The lowest BCUT2D eigenvalue weighted by atomic mass is 10.1. The molecule has 2 nitrogen and oxygen atoms in total. The molecule has 1 amide bonds. The van der Waals surface area contributed by atoms with E-state index in [0.717, 1.165) is 8.04 Å². The second kappa shape index (κ2) is 6.67. The van der Waals surface area contributed by atoms with Crippen molar-refractivity contribution in [2.75, 3.05) is 7.05 Å². The Morgan fingerprint density at radius 1 is 1.30 bits per heavy atom. The molecule has 0 heterocycles. The topological polar surface area (TPSA) is 20.3 Å². The third kappa shape index (κ3) is 3.58. The van der Waals surface area contributed by atoms with Crippen molar-refractivity contribution in [3.8, 4) is 0 Å². The average Bonchev–Trinajstić information content (AvgIpc) is 2.43. The Hall–Kier alpha value is -0.950. The summed E-state index contributed by atoms with van der Waals surface area (Å²) in [5, 5.41) is 0. The van der Waals surface area contributed by atoms with E-state index in [-0.39, 0.29) is 18.3 Å². The Labute approximate surface area is 139 Å². The maximum atomic E-state index is 13.6. The molecule has 0 spiro atoms. The zero-order chi connectivity index (χ0) is 14.7. The van der Waals surface area contributed by atoms with Gasteiger partial charge in [0.1, 0.15) is 5.82 Å². The van der Waals surface area contributed by atoms with Crippen LogP contribution in [-0.4, -0.2) is 17.9 Å². The van der Waals surface area contributed by atoms with Crippen molar-refractivity contribution in [3.63, 3.8) is 0 Å². The largest absolute Gasteiger partial charge is 0.337 e. The summed E-state index contributed by atoms with van der Waals surface area (Å²) in [5.41, 5.74) is 1.12. The molecule has 0 aliphatic carbocycles. The number of halogens is 3. The van der Waals surface area contributed by atoms with Crippen molar-refractivity contribution >= 4 is 44.4 Å². The number of amides is 1. The molecule has 104 valence electrons. The molecular formula is C15H12BrFINO. The molecule has 0 unspecified atom stereocenters. The van der Waals surface area contributed by atoms with Crippen molar-refractivity contribution in [2.45, 2.75) is 6.54 Å². The molecule has 0 atom stereocenters. The van der Waals surface area contributed by atoms with E-state index in [1.54, 1.807) is 31.3 Å². The van der Waals surface area contributed by atoms with Crippen LogP contribution in [0.5, 0.6) is 0 Å². The minimum absolute atomic E-state index is 0.126. The first-order chi connectivity index (χ1) is 9.49. The Kier molecular flexibility index (Phi) is 5.15. The highest BCUT2D eigenvalue weighted by atomic mass is 127. The highest BCUT2D eigenvalue weighted by molar-refractivity contribution is 14.1. The van der Waals surface area contributed by atoms with Crippen LogP contribution in [0.3, 0.4) is 0 Å². The van der Waals surface area contributed by atoms with Gasteiger partial charge in [-0.05, 0) is 46.9 Å². The van der Waals surface area contributed by atoms with Gasteiger partial charge in [0.15, 0.2) is 0 Å². The molecule has 0 radical (unpaired) electrons. The smallest absolute Gasteiger partial charge is 0.255 e. The van der Waals surface area contributed by atoms with E-state index in [1.165, 1.54) is 11.0 Å². The summed E-state index contributed by atoms with van der Waals surface area (Å²) < 4.78 is 15.3. The van der Waals surface area contributed by atoms with Crippen LogP contribution >= 0.6 is 38.5 Å². The number of hydrogen-bond donors (Lipinski definition) is 0. The van der Waals surface area contributed by atoms with E-state index in [0.29, 0.717) is 11.1 Å². The quantitative estimate of drug-likeness (QED) is 0.636. The van der Waals surface area contributed by atoms with Gasteiger partial charge in [0.2, 0.25) is 0 Å². The second-order valence-electron chi connectivity index (χ2n) is 4.38. The average molecular weight is 448 g/mol. The van der Waals surface area contributed by atoms with Crippen LogP contribution in [0.2, 0.25) is 0 Å². The fraction of sp³-hybridized carbons (Fsp3) is 0.133. The Bertz CT molecular complexity index is 648. The normalized spacial score (nSPS) is 10.4. The summed E-state index contributed by atoms with van der Waals surface area (Å²) in [6.45, 7) is 0.244. The molecule has 0 saturated carbocycles. The van der Waals surface area contributed by atoms with Gasteiger partial charge in [-0.25, -0.2) is 4.39 Å². The Morgan fingerprint density at radius 2 is 2.00 bits per heavy atom. The van der Waals surface area contributed by atoms with Gasteiger partial charge in [-0.3, -0.25) is 4.79 Å². The zero-order valence-electron chi connectivity index (χ0n) is 10.7. The maximum Gasteiger partial charge on any atom is 0.255 e. The highest BCUT2D eigenvalue weighted by Gasteiger charge is 2.16. The summed E-state index contributed by atoms with van der Waals surface area (Å²) in [4.78, 5) is 13.9. The van der Waals surface area contributed by atoms with Crippen LogP contribution in [0.1, 0.15) is 15.9 Å². The molecule has 5 heteroatoms. The maximum absolute atomic E-state index is 13.6. The van der Waals surface area contributed by atoms with Crippen LogP contribution in [0.15, 0.2) is 46.9 Å². The van der Waals surface area contributed by atoms with E-state index in [4.69, 9.17) is 0 Å². The monoisotopic (exact) mass is 447 g/mol. The van der Waals surface area contributed by atoms with Crippen LogP contribution in [0.4, 0.5) is 4.39 Å². The van der Waals surface area contributed by atoms with Gasteiger partial charge in [0, 0.05) is 27.2 Å². The molecule has 0 bridgehead atoms. The Morgan fingerprint density at radius 3 is 2.70 bits per heavy atom. The van der Waals surface area contributed by atoms with Gasteiger partial charge in [0.05, 0.1) is 5.56 Å². The summed E-state index contributed by atoms with van der Waals surface area (Å²) in [6.07, 6.45) is 0. The van der Waals surface area contributed by atoms with Crippen LogP contribution in [-0.2, 0) is 6.54 Å². The van der Waals surface area contributed by atoms with Gasteiger partial charge >= 0.3 is 0 Å². The number of hydrogen-bond acceptors (Lipinski definition) is 1. The lowest BCUT2D eigenvalue weighted by molar-refractivity contribution is 0.0782. The molecule has 2 rings (SSSR count). The van der Waals surface area contributed by atoms with Crippen molar-refractivity contribution in [3.05, 3.63) is 67.5 Å². The van der Waals surface area contributed by atoms with Gasteiger partial charge in [-0.2, -0.15) is 0 Å². The van der Waals surface area contributed by atoms with E-state index in [9.17, 15) is 9.18 Å². The third-order valence-corrected chi connectivity index (χ3v) is 4.30. The second-order valence-corrected chi connectivity index (χ2v) is 6.45. The molecule has 2 aromatic rings. The van der Waals surface area contributed by atoms with Gasteiger partial charge in [-0.15, -0.1) is 0 Å². The number of rotatable bonds is 3. The summed E-state index contributed by atoms with van der Waals surface area (Å²) in [5.74, 6) is -0.421. The minimum Gasteiger partial charge on any atom is -0.337 e. The van der Waals surface area contributed by atoms with Crippen molar-refractivity contribution < 1.29 is 9.18 Å². The molecule has 20 heavy (non-hydrogen) atoms. The first kappa shape index (κ1) is 15.4. The molecule has 2 aromatic carbocycles.